The zero-order valence-corrected chi connectivity index (χ0v) is 43.0. The van der Waals surface area contributed by atoms with Gasteiger partial charge in [0.1, 0.15) is 23.7 Å². The van der Waals surface area contributed by atoms with Crippen LogP contribution in [0.3, 0.4) is 0 Å². The molecule has 16 nitrogen and oxygen atoms in total. The number of likely N-dealkylation sites (tertiary alicyclic amines) is 2. The lowest BCUT2D eigenvalue weighted by molar-refractivity contribution is -0.145. The van der Waals surface area contributed by atoms with E-state index < -0.39 is 29.5 Å². The Morgan fingerprint density at radius 2 is 1.60 bits per heavy atom. The molecule has 2 aliphatic carbocycles. The summed E-state index contributed by atoms with van der Waals surface area (Å²) < 4.78 is 13.5. The molecule has 1 spiro atoms. The number of piperazine rings is 1. The Bertz CT molecular complexity index is 2670. The molecule has 3 amide bonds. The first-order valence-electron chi connectivity index (χ1n) is 26.4. The number of phenols is 1. The number of rotatable bonds is 12. The van der Waals surface area contributed by atoms with E-state index in [1.54, 1.807) is 25.1 Å². The van der Waals surface area contributed by atoms with Crippen LogP contribution in [-0.2, 0) is 14.4 Å². The number of carbonyl (C=O) groups excluding carboxylic acids is 3. The summed E-state index contributed by atoms with van der Waals surface area (Å²) in [5.74, 6) is 6.50. The van der Waals surface area contributed by atoms with Crippen molar-refractivity contribution in [2.75, 3.05) is 74.0 Å². The highest BCUT2D eigenvalue weighted by molar-refractivity contribution is 5.93. The first-order chi connectivity index (χ1) is 35.1. The summed E-state index contributed by atoms with van der Waals surface area (Å²) >= 11 is 0. The summed E-state index contributed by atoms with van der Waals surface area (Å²) in [5, 5.41) is 39.3. The van der Waals surface area contributed by atoms with E-state index in [1.165, 1.54) is 22.6 Å². The lowest BCUT2D eigenvalue weighted by Gasteiger charge is -2.55. The standard InChI is InChI=1S/C56H72FN11O5/c1-6-58-50-46(30-45(63-64-50)44-11-7-8-12-48(44)70)66-24-26-67(27-25-66)54-60-33-40(34-61-54)38-17-22-65(23-18-38)42-31-56(32-42)19-15-39(16-20-56)51(71)62-49(55(3,4)5)53(73)68-35-43(69)29-47(68)52(72)59-21-9-10-37-13-14-41(57)28-36(37)2/h7-8,11-14,28,30,33-34,38-39,42-43,47,49,69-70H,6,15-27,29,31-32,35H2,1-5H3,(H,58,64)(H,59,72)(H,62,71)/t39?,42?,43-,47+,49-,56?/m1/s1. The topological polar surface area (TPSA) is 192 Å². The second-order valence-corrected chi connectivity index (χ2v) is 22.1. The maximum atomic E-state index is 14.2. The van der Waals surface area contributed by atoms with Crippen molar-refractivity contribution in [2.45, 2.75) is 123 Å². The van der Waals surface area contributed by atoms with E-state index in [4.69, 9.17) is 9.97 Å². The zero-order chi connectivity index (χ0) is 51.4. The van der Waals surface area contributed by atoms with Gasteiger partial charge in [0.2, 0.25) is 23.7 Å². The molecule has 3 atom stereocenters. The van der Waals surface area contributed by atoms with E-state index >= 15 is 0 Å². The van der Waals surface area contributed by atoms with Crippen LogP contribution in [0.1, 0.15) is 108 Å². The summed E-state index contributed by atoms with van der Waals surface area (Å²) in [4.78, 5) is 59.9. The number of aliphatic hydroxyl groups excluding tert-OH is 1. The molecule has 17 heteroatoms. The average molecular weight is 998 g/mol. The Balaban J connectivity index is 0.710. The van der Waals surface area contributed by atoms with E-state index in [1.807, 2.05) is 58.3 Å². The number of hydrogen-bond donors (Lipinski definition) is 5. The molecule has 5 heterocycles. The number of nitrogens with zero attached hydrogens (tertiary/aromatic N) is 8. The minimum Gasteiger partial charge on any atom is -0.507 e. The minimum atomic E-state index is -0.894. The molecule has 0 unspecified atom stereocenters. The molecule has 0 radical (unpaired) electrons. The summed E-state index contributed by atoms with van der Waals surface area (Å²) in [6, 6.07) is 12.3. The van der Waals surface area contributed by atoms with Crippen LogP contribution in [0.4, 0.5) is 21.8 Å². The van der Waals surface area contributed by atoms with Crippen LogP contribution in [-0.4, -0.2) is 141 Å². The van der Waals surface area contributed by atoms with Gasteiger partial charge in [0.05, 0.1) is 24.0 Å². The molecule has 2 saturated carbocycles. The van der Waals surface area contributed by atoms with E-state index in [9.17, 15) is 29.0 Å². The monoisotopic (exact) mass is 998 g/mol. The molecular formula is C56H72FN11O5. The highest BCUT2D eigenvalue weighted by Crippen LogP contribution is 2.55. The molecule has 73 heavy (non-hydrogen) atoms. The normalized spacial score (nSPS) is 24.1. The number of para-hydroxylation sites is 1. The van der Waals surface area contributed by atoms with Gasteiger partial charge in [0.15, 0.2) is 5.82 Å². The van der Waals surface area contributed by atoms with E-state index in [-0.39, 0.29) is 54.2 Å². The second kappa shape index (κ2) is 22.0. The summed E-state index contributed by atoms with van der Waals surface area (Å²) in [6.45, 7) is 15.4. The molecule has 2 aromatic heterocycles. The van der Waals surface area contributed by atoms with Gasteiger partial charge in [-0.15, -0.1) is 10.2 Å². The van der Waals surface area contributed by atoms with Crippen molar-refractivity contribution < 1.29 is 29.0 Å². The second-order valence-electron chi connectivity index (χ2n) is 22.1. The van der Waals surface area contributed by atoms with Gasteiger partial charge in [0.25, 0.3) is 0 Å². The van der Waals surface area contributed by atoms with Crippen molar-refractivity contribution in [3.05, 3.63) is 83.4 Å². The minimum absolute atomic E-state index is 0.00291. The first kappa shape index (κ1) is 51.5. The molecule has 5 N–H and O–H groups in total. The number of phenolic OH excluding ortho intramolecular Hbond substituents is 1. The Morgan fingerprint density at radius 1 is 0.904 bits per heavy atom. The fraction of sp³-hybridized carbons (Fsp3) is 0.554. The molecule has 5 fully saturated rings. The van der Waals surface area contributed by atoms with Gasteiger partial charge in [-0.1, -0.05) is 44.7 Å². The summed E-state index contributed by atoms with van der Waals surface area (Å²) in [5.41, 5.74) is 4.42. The smallest absolute Gasteiger partial charge is 0.246 e. The quantitative estimate of drug-likeness (QED) is 0.104. The molecule has 5 aliphatic rings. The number of aromatic hydroxyl groups is 1. The summed E-state index contributed by atoms with van der Waals surface area (Å²) in [7, 11) is 0. The number of amides is 3. The van der Waals surface area contributed by atoms with Gasteiger partial charge in [-0.3, -0.25) is 14.4 Å². The molecule has 388 valence electrons. The Kier molecular flexibility index (Phi) is 15.5. The molecule has 3 aliphatic heterocycles. The highest BCUT2D eigenvalue weighted by Gasteiger charge is 2.50. The van der Waals surface area contributed by atoms with Crippen LogP contribution in [0.2, 0.25) is 0 Å². The number of piperidine rings is 1. The molecular weight excluding hydrogens is 926 g/mol. The van der Waals surface area contributed by atoms with E-state index in [0.29, 0.717) is 34.3 Å². The van der Waals surface area contributed by atoms with Gasteiger partial charge in [-0.05, 0) is 143 Å². The van der Waals surface area contributed by atoms with Crippen LogP contribution >= 0.6 is 0 Å². The molecule has 0 bridgehead atoms. The Labute approximate surface area is 428 Å². The number of halogens is 1. The molecule has 4 aromatic rings. The van der Waals surface area contributed by atoms with Crippen molar-refractivity contribution in [1.82, 2.24) is 40.6 Å². The molecule has 2 aromatic carbocycles. The third kappa shape index (κ3) is 11.7. The van der Waals surface area contributed by atoms with Gasteiger partial charge < -0.3 is 45.8 Å². The van der Waals surface area contributed by atoms with Crippen molar-refractivity contribution in [3.63, 3.8) is 0 Å². The zero-order valence-electron chi connectivity index (χ0n) is 43.0. The predicted molar refractivity (Wildman–Crippen MR) is 279 cm³/mol. The van der Waals surface area contributed by atoms with Crippen LogP contribution in [0.5, 0.6) is 5.75 Å². The van der Waals surface area contributed by atoms with Crippen LogP contribution in [0.15, 0.2) is 60.9 Å². The van der Waals surface area contributed by atoms with E-state index in [0.717, 1.165) is 115 Å². The molecule has 9 rings (SSSR count). The largest absolute Gasteiger partial charge is 0.507 e. The number of aryl methyl sites for hydroxylation is 1. The number of aromatic nitrogens is 4. The number of anilines is 3. The lowest BCUT2D eigenvalue weighted by atomic mass is 9.56. The average Bonchev–Trinajstić information content (AvgIpc) is 3.78. The highest BCUT2D eigenvalue weighted by atomic mass is 19.1. The van der Waals surface area contributed by atoms with Crippen molar-refractivity contribution in [2.24, 2.45) is 16.7 Å². The van der Waals surface area contributed by atoms with Crippen molar-refractivity contribution in [1.29, 1.82) is 0 Å². The fourth-order valence-electron chi connectivity index (χ4n) is 11.8. The fourth-order valence-corrected chi connectivity index (χ4v) is 11.8. The predicted octanol–water partition coefficient (Wildman–Crippen LogP) is 6.02. The number of hydrogen-bond acceptors (Lipinski definition) is 13. The summed E-state index contributed by atoms with van der Waals surface area (Å²) in [6.07, 6.45) is 11.3. The molecule has 3 saturated heterocycles. The van der Waals surface area contributed by atoms with Crippen LogP contribution < -0.4 is 25.8 Å². The van der Waals surface area contributed by atoms with E-state index in [2.05, 4.69) is 52.7 Å². The SMILES string of the molecule is CCNc1nnc(-c2ccccc2O)cc1N1CCN(c2ncc(C3CCN(C4CC5(CCC(C(=O)N[C@H](C(=O)N6C[C@H](O)C[C@H]6C(=O)NCC#Cc6ccc(F)cc6C)C(C)(C)C)CC5)C4)CC3)cn2)CC1. The lowest BCUT2D eigenvalue weighted by Crippen LogP contribution is -2.59. The first-order valence-corrected chi connectivity index (χ1v) is 26.4. The number of nitrogens with one attached hydrogen (secondary N) is 3. The van der Waals surface area contributed by atoms with Crippen LogP contribution in [0.25, 0.3) is 11.3 Å². The Morgan fingerprint density at radius 3 is 2.27 bits per heavy atom. The van der Waals surface area contributed by atoms with Crippen LogP contribution in [0, 0.1) is 41.3 Å². The number of benzene rings is 2. The van der Waals surface area contributed by atoms with Crippen molar-refractivity contribution in [3.8, 4) is 28.8 Å². The number of β-amino-alcohol motifs (C(OH)–C–C–N with tert-alkyl or cyclic N) is 1. The van der Waals surface area contributed by atoms with Gasteiger partial charge in [-0.2, -0.15) is 0 Å². The maximum absolute atomic E-state index is 14.2. The third-order valence-electron chi connectivity index (χ3n) is 16.2. The van der Waals surface area contributed by atoms with Gasteiger partial charge in [0, 0.05) is 81.2 Å². The van der Waals surface area contributed by atoms with Crippen molar-refractivity contribution >= 4 is 35.2 Å². The Hall–Kier alpha value is -6.38. The van der Waals surface area contributed by atoms with Gasteiger partial charge >= 0.3 is 0 Å². The number of aliphatic hydroxyl groups is 1. The van der Waals surface area contributed by atoms with Gasteiger partial charge in [-0.25, -0.2) is 14.4 Å². The maximum Gasteiger partial charge on any atom is 0.246 e. The third-order valence-corrected chi connectivity index (χ3v) is 16.2. The number of carbonyl (C=O) groups is 3.